The molecule has 0 fully saturated rings. The molecular formula is C19H32N5O3S+. The summed E-state index contributed by atoms with van der Waals surface area (Å²) in [5.74, 6) is -0.215. The number of rotatable bonds is 11. The molecule has 0 saturated carbocycles. The summed E-state index contributed by atoms with van der Waals surface area (Å²) in [6.07, 6.45) is 2.35. The maximum absolute atomic E-state index is 10.9. The quantitative estimate of drug-likeness (QED) is 0.450. The van der Waals surface area contributed by atoms with Crippen molar-refractivity contribution in [3.05, 3.63) is 41.7 Å². The highest BCUT2D eigenvalue weighted by Gasteiger charge is 2.19. The van der Waals surface area contributed by atoms with Gasteiger partial charge in [0.25, 0.3) is 10.1 Å². The van der Waals surface area contributed by atoms with Gasteiger partial charge in [-0.25, -0.2) is 0 Å². The largest absolute Gasteiger partial charge is 0.370 e. The van der Waals surface area contributed by atoms with Crippen LogP contribution in [-0.2, 0) is 23.2 Å². The number of nitrogens with zero attached hydrogens (tertiary/aromatic N) is 5. The molecule has 0 saturated heterocycles. The van der Waals surface area contributed by atoms with Crippen molar-refractivity contribution in [1.82, 2.24) is 15.0 Å². The first kappa shape index (κ1) is 22.3. The van der Waals surface area contributed by atoms with Gasteiger partial charge in [-0.3, -0.25) is 9.23 Å². The van der Waals surface area contributed by atoms with E-state index in [2.05, 4.69) is 53.3 Å². The van der Waals surface area contributed by atoms with Crippen molar-refractivity contribution in [2.45, 2.75) is 33.4 Å². The summed E-state index contributed by atoms with van der Waals surface area (Å²) in [5.41, 5.74) is 3.32. The van der Waals surface area contributed by atoms with Crippen molar-refractivity contribution >= 4 is 15.8 Å². The lowest BCUT2D eigenvalue weighted by atomic mass is 10.2. The molecule has 1 N–H and O–H groups in total. The zero-order chi connectivity index (χ0) is 20.8. The Hall–Kier alpha value is -1.97. The molecule has 0 unspecified atom stereocenters. The molecule has 2 aromatic rings. The number of anilines is 1. The summed E-state index contributed by atoms with van der Waals surface area (Å²) < 4.78 is 33.0. The number of likely N-dealkylation sites (N-methyl/N-ethyl adjacent to an activating group) is 1. The Bertz CT molecular complexity index is 847. The maximum Gasteiger partial charge on any atom is 0.265 e. The fourth-order valence-electron chi connectivity index (χ4n) is 3.16. The number of aromatic nitrogens is 3. The molecule has 1 aromatic carbocycles. The topological polar surface area (TPSA) is 88.3 Å². The third-order valence-corrected chi connectivity index (χ3v) is 5.53. The van der Waals surface area contributed by atoms with Crippen molar-refractivity contribution in [3.8, 4) is 0 Å². The van der Waals surface area contributed by atoms with Crippen LogP contribution in [0.15, 0.2) is 30.5 Å². The number of hydrogen-bond donors (Lipinski definition) is 1. The monoisotopic (exact) mass is 410 g/mol. The normalized spacial score (nSPS) is 12.3. The second-order valence-corrected chi connectivity index (χ2v) is 9.42. The molecule has 1 heterocycles. The summed E-state index contributed by atoms with van der Waals surface area (Å²) in [6, 6.07) is 8.51. The van der Waals surface area contributed by atoms with Crippen molar-refractivity contribution in [2.24, 2.45) is 0 Å². The van der Waals surface area contributed by atoms with E-state index in [4.69, 9.17) is 4.55 Å². The van der Waals surface area contributed by atoms with Gasteiger partial charge in [-0.2, -0.15) is 8.42 Å². The zero-order valence-corrected chi connectivity index (χ0v) is 18.1. The molecule has 0 atom stereocenters. The van der Waals surface area contributed by atoms with E-state index in [1.165, 1.54) is 11.3 Å². The molecule has 0 bridgehead atoms. The van der Waals surface area contributed by atoms with E-state index in [1.807, 2.05) is 25.0 Å². The molecular weight excluding hydrogens is 378 g/mol. The average Bonchev–Trinajstić information content (AvgIpc) is 3.02. The summed E-state index contributed by atoms with van der Waals surface area (Å²) in [5, 5.41) is 8.49. The summed E-state index contributed by atoms with van der Waals surface area (Å²) in [4.78, 5) is 2.30. The minimum atomic E-state index is -3.91. The van der Waals surface area contributed by atoms with Gasteiger partial charge in [-0.1, -0.05) is 22.9 Å². The van der Waals surface area contributed by atoms with Crippen LogP contribution in [0.3, 0.4) is 0 Å². The number of aryl methyl sites for hydroxylation is 1. The lowest BCUT2D eigenvalue weighted by Crippen LogP contribution is -2.40. The first-order valence-electron chi connectivity index (χ1n) is 9.56. The molecule has 0 aliphatic carbocycles. The van der Waals surface area contributed by atoms with Gasteiger partial charge in [0, 0.05) is 25.2 Å². The molecule has 0 amide bonds. The molecule has 0 aliphatic rings. The van der Waals surface area contributed by atoms with Crippen LogP contribution in [0.5, 0.6) is 0 Å². The van der Waals surface area contributed by atoms with E-state index in [-0.39, 0.29) is 5.75 Å². The number of hydrogen-bond acceptors (Lipinski definition) is 5. The Balaban J connectivity index is 1.88. The third kappa shape index (κ3) is 7.57. The molecule has 0 radical (unpaired) electrons. The molecule has 0 spiro atoms. The van der Waals surface area contributed by atoms with E-state index in [0.717, 1.165) is 25.3 Å². The van der Waals surface area contributed by atoms with Gasteiger partial charge in [0.1, 0.15) is 12.2 Å². The van der Waals surface area contributed by atoms with E-state index >= 15 is 0 Å². The fourth-order valence-corrected chi connectivity index (χ4v) is 3.66. The van der Waals surface area contributed by atoms with Gasteiger partial charge in [-0.05, 0) is 26.0 Å². The van der Waals surface area contributed by atoms with Crippen molar-refractivity contribution in [2.75, 3.05) is 44.4 Å². The summed E-state index contributed by atoms with van der Waals surface area (Å²) >= 11 is 0. The molecule has 9 heteroatoms. The summed E-state index contributed by atoms with van der Waals surface area (Å²) in [7, 11) is 0.121. The van der Waals surface area contributed by atoms with Crippen molar-refractivity contribution in [3.63, 3.8) is 0 Å². The second kappa shape index (κ2) is 9.49. The fraction of sp³-hybridized carbons (Fsp3) is 0.579. The average molecular weight is 411 g/mol. The molecule has 2 rings (SSSR count). The van der Waals surface area contributed by atoms with E-state index in [0.29, 0.717) is 24.0 Å². The number of quaternary nitrogens is 1. The van der Waals surface area contributed by atoms with Crippen LogP contribution in [0.2, 0.25) is 0 Å². The minimum Gasteiger partial charge on any atom is -0.370 e. The first-order chi connectivity index (χ1) is 13.1. The smallest absolute Gasteiger partial charge is 0.265 e. The van der Waals surface area contributed by atoms with Crippen LogP contribution in [0, 0.1) is 6.92 Å². The zero-order valence-electron chi connectivity index (χ0n) is 17.2. The first-order valence-corrected chi connectivity index (χ1v) is 11.2. The van der Waals surface area contributed by atoms with Gasteiger partial charge < -0.3 is 9.38 Å². The van der Waals surface area contributed by atoms with Gasteiger partial charge in [-0.15, -0.1) is 5.10 Å². The maximum atomic E-state index is 10.9. The molecule has 156 valence electrons. The Morgan fingerprint density at radius 2 is 1.89 bits per heavy atom. The van der Waals surface area contributed by atoms with E-state index in [1.54, 1.807) is 0 Å². The van der Waals surface area contributed by atoms with Crippen LogP contribution in [0.1, 0.15) is 24.6 Å². The lowest BCUT2D eigenvalue weighted by Gasteiger charge is -2.28. The van der Waals surface area contributed by atoms with Crippen molar-refractivity contribution in [1.29, 1.82) is 0 Å². The van der Waals surface area contributed by atoms with Gasteiger partial charge >= 0.3 is 0 Å². The highest BCUT2D eigenvalue weighted by molar-refractivity contribution is 7.85. The van der Waals surface area contributed by atoms with Gasteiger partial charge in [0.05, 0.1) is 39.1 Å². The van der Waals surface area contributed by atoms with Crippen LogP contribution >= 0.6 is 0 Å². The van der Waals surface area contributed by atoms with Crippen LogP contribution < -0.4 is 4.90 Å². The van der Waals surface area contributed by atoms with Crippen molar-refractivity contribution < 1.29 is 17.5 Å². The van der Waals surface area contributed by atoms with Gasteiger partial charge in [0.15, 0.2) is 0 Å². The second-order valence-electron chi connectivity index (χ2n) is 7.85. The van der Waals surface area contributed by atoms with Gasteiger partial charge in [0.2, 0.25) is 0 Å². The Morgan fingerprint density at radius 1 is 1.21 bits per heavy atom. The lowest BCUT2D eigenvalue weighted by molar-refractivity contribution is -0.903. The SMILES string of the molecule is CCN(CCn1cc(C[N+](C)(C)CCCS(=O)(=O)O)nn1)c1ccc(C)cc1. The molecule has 8 nitrogen and oxygen atoms in total. The standard InChI is InChI=1S/C19H31N5O3S/c1-5-22(19-9-7-17(2)8-10-19)11-12-23-15-18(20-21-23)16-24(3,4)13-6-14-28(25,26)27/h7-10,15H,5-6,11-14,16H2,1-4H3/p+1. The predicted molar refractivity (Wildman–Crippen MR) is 111 cm³/mol. The highest BCUT2D eigenvalue weighted by Crippen LogP contribution is 2.15. The van der Waals surface area contributed by atoms with Crippen LogP contribution in [0.4, 0.5) is 5.69 Å². The minimum absolute atomic E-state index is 0.215. The molecule has 28 heavy (non-hydrogen) atoms. The Labute approximate surface area is 168 Å². The molecule has 1 aromatic heterocycles. The van der Waals surface area contributed by atoms with Crippen LogP contribution in [0.25, 0.3) is 0 Å². The summed E-state index contributed by atoms with van der Waals surface area (Å²) in [6.45, 7) is 8.01. The Morgan fingerprint density at radius 3 is 2.50 bits per heavy atom. The Kier molecular flexibility index (Phi) is 7.56. The van der Waals surface area contributed by atoms with E-state index < -0.39 is 10.1 Å². The van der Waals surface area contributed by atoms with Crippen LogP contribution in [-0.4, -0.2) is 71.9 Å². The predicted octanol–water partition coefficient (Wildman–Crippen LogP) is 1.97. The third-order valence-electron chi connectivity index (χ3n) is 4.72. The highest BCUT2D eigenvalue weighted by atomic mass is 32.2. The molecule has 0 aliphatic heterocycles. The van der Waals surface area contributed by atoms with E-state index in [9.17, 15) is 8.42 Å². The number of benzene rings is 1.